The molecule has 108 valence electrons. The first-order chi connectivity index (χ1) is 8.95. The predicted octanol–water partition coefficient (Wildman–Crippen LogP) is 1.30. The molecule has 1 saturated heterocycles. The van der Waals surface area contributed by atoms with Gasteiger partial charge in [0.2, 0.25) is 10.0 Å². The normalized spacial score (nSPS) is 18.8. The molecule has 0 radical (unpaired) electrons. The molecule has 1 fully saturated rings. The molecule has 6 nitrogen and oxygen atoms in total. The van der Waals surface area contributed by atoms with Gasteiger partial charge in [0.15, 0.2) is 5.82 Å². The Hall–Kier alpha value is -1.08. The zero-order chi connectivity index (χ0) is 14.0. The highest BCUT2D eigenvalue weighted by atomic mass is 32.2. The Morgan fingerprint density at radius 1 is 1.42 bits per heavy atom. The SMILES string of the molecule is CCCn1cc(S(=O)(=O)N2CCC(C)CC2)c(N)n1. The van der Waals surface area contributed by atoms with Crippen LogP contribution in [0, 0.1) is 5.92 Å². The third-order valence-corrected chi connectivity index (χ3v) is 5.48. The second kappa shape index (κ2) is 5.50. The number of aromatic nitrogens is 2. The first kappa shape index (κ1) is 14.3. The molecule has 7 heteroatoms. The van der Waals surface area contributed by atoms with E-state index in [1.54, 1.807) is 10.9 Å². The Labute approximate surface area is 114 Å². The highest BCUT2D eigenvalue weighted by Gasteiger charge is 2.31. The van der Waals surface area contributed by atoms with E-state index >= 15 is 0 Å². The van der Waals surface area contributed by atoms with Crippen LogP contribution in [0.4, 0.5) is 5.82 Å². The second-order valence-electron chi connectivity index (χ2n) is 5.23. The van der Waals surface area contributed by atoms with Crippen LogP contribution in [0.25, 0.3) is 0 Å². The molecule has 0 spiro atoms. The van der Waals surface area contributed by atoms with Gasteiger partial charge in [0.05, 0.1) is 0 Å². The van der Waals surface area contributed by atoms with Crippen molar-refractivity contribution >= 4 is 15.8 Å². The average molecular weight is 286 g/mol. The molecular weight excluding hydrogens is 264 g/mol. The van der Waals surface area contributed by atoms with E-state index in [4.69, 9.17) is 5.73 Å². The molecule has 0 amide bonds. The van der Waals surface area contributed by atoms with Crippen molar-refractivity contribution in [2.75, 3.05) is 18.8 Å². The smallest absolute Gasteiger partial charge is 0.248 e. The van der Waals surface area contributed by atoms with Gasteiger partial charge in [0.25, 0.3) is 0 Å². The molecule has 2 heterocycles. The Balaban J connectivity index is 2.24. The molecule has 0 aromatic carbocycles. The Morgan fingerprint density at radius 2 is 2.05 bits per heavy atom. The number of nitrogens with zero attached hydrogens (tertiary/aromatic N) is 3. The van der Waals surface area contributed by atoms with Crippen LogP contribution in [0.2, 0.25) is 0 Å². The number of hydrogen-bond acceptors (Lipinski definition) is 4. The van der Waals surface area contributed by atoms with Crippen LogP contribution in [-0.4, -0.2) is 35.6 Å². The third kappa shape index (κ3) is 2.92. The minimum Gasteiger partial charge on any atom is -0.381 e. The van der Waals surface area contributed by atoms with E-state index in [9.17, 15) is 8.42 Å². The quantitative estimate of drug-likeness (QED) is 0.904. The van der Waals surface area contributed by atoms with Crippen LogP contribution in [-0.2, 0) is 16.6 Å². The molecule has 1 aliphatic heterocycles. The van der Waals surface area contributed by atoms with Crippen LogP contribution in [0.15, 0.2) is 11.1 Å². The summed E-state index contributed by atoms with van der Waals surface area (Å²) in [5.41, 5.74) is 5.75. The van der Waals surface area contributed by atoms with Gasteiger partial charge in [-0.15, -0.1) is 0 Å². The topological polar surface area (TPSA) is 81.2 Å². The summed E-state index contributed by atoms with van der Waals surface area (Å²) in [6, 6.07) is 0. The fourth-order valence-electron chi connectivity index (χ4n) is 2.32. The van der Waals surface area contributed by atoms with E-state index in [1.165, 1.54) is 4.31 Å². The largest absolute Gasteiger partial charge is 0.381 e. The maximum atomic E-state index is 12.5. The van der Waals surface area contributed by atoms with Crippen LogP contribution < -0.4 is 5.73 Å². The van der Waals surface area contributed by atoms with E-state index < -0.39 is 10.0 Å². The zero-order valence-electron chi connectivity index (χ0n) is 11.5. The summed E-state index contributed by atoms with van der Waals surface area (Å²) in [7, 11) is -3.49. The van der Waals surface area contributed by atoms with Crippen molar-refractivity contribution in [1.29, 1.82) is 0 Å². The lowest BCUT2D eigenvalue weighted by atomic mass is 10.0. The fourth-order valence-corrected chi connectivity index (χ4v) is 3.85. The number of rotatable bonds is 4. The van der Waals surface area contributed by atoms with E-state index in [0.29, 0.717) is 25.6 Å². The maximum absolute atomic E-state index is 12.5. The molecule has 19 heavy (non-hydrogen) atoms. The van der Waals surface area contributed by atoms with Crippen molar-refractivity contribution in [3.8, 4) is 0 Å². The van der Waals surface area contributed by atoms with Crippen molar-refractivity contribution in [2.24, 2.45) is 5.92 Å². The molecule has 0 bridgehead atoms. The van der Waals surface area contributed by atoms with E-state index in [2.05, 4.69) is 12.0 Å². The van der Waals surface area contributed by atoms with Gasteiger partial charge in [-0.2, -0.15) is 9.40 Å². The molecule has 0 atom stereocenters. The lowest BCUT2D eigenvalue weighted by Crippen LogP contribution is -2.38. The fraction of sp³-hybridized carbons (Fsp3) is 0.750. The van der Waals surface area contributed by atoms with Crippen LogP contribution in [0.3, 0.4) is 0 Å². The summed E-state index contributed by atoms with van der Waals surface area (Å²) >= 11 is 0. The van der Waals surface area contributed by atoms with Gasteiger partial charge in [-0.25, -0.2) is 8.42 Å². The van der Waals surface area contributed by atoms with Gasteiger partial charge >= 0.3 is 0 Å². The average Bonchev–Trinajstić information content (AvgIpc) is 2.72. The first-order valence-corrected chi connectivity index (χ1v) is 8.22. The molecule has 1 aliphatic rings. The number of sulfonamides is 1. The van der Waals surface area contributed by atoms with Crippen molar-refractivity contribution in [3.63, 3.8) is 0 Å². The van der Waals surface area contributed by atoms with Gasteiger partial charge in [-0.05, 0) is 25.2 Å². The summed E-state index contributed by atoms with van der Waals surface area (Å²) in [4.78, 5) is 0.149. The van der Waals surface area contributed by atoms with Crippen LogP contribution >= 0.6 is 0 Å². The van der Waals surface area contributed by atoms with Gasteiger partial charge in [0, 0.05) is 25.8 Å². The number of anilines is 1. The van der Waals surface area contributed by atoms with E-state index in [-0.39, 0.29) is 10.7 Å². The van der Waals surface area contributed by atoms with Gasteiger partial charge < -0.3 is 5.73 Å². The van der Waals surface area contributed by atoms with Crippen LogP contribution in [0.5, 0.6) is 0 Å². The molecule has 1 aromatic heterocycles. The van der Waals surface area contributed by atoms with Gasteiger partial charge in [-0.1, -0.05) is 13.8 Å². The third-order valence-electron chi connectivity index (χ3n) is 3.57. The van der Waals surface area contributed by atoms with Crippen molar-refractivity contribution in [2.45, 2.75) is 44.6 Å². The molecule has 1 aromatic rings. The lowest BCUT2D eigenvalue weighted by molar-refractivity contribution is 0.288. The molecule has 2 N–H and O–H groups in total. The predicted molar refractivity (Wildman–Crippen MR) is 74.1 cm³/mol. The van der Waals surface area contributed by atoms with E-state index in [1.807, 2.05) is 6.92 Å². The Kier molecular flexibility index (Phi) is 4.15. The number of piperidine rings is 1. The minimum absolute atomic E-state index is 0.104. The molecule has 0 saturated carbocycles. The van der Waals surface area contributed by atoms with E-state index in [0.717, 1.165) is 19.3 Å². The number of nitrogen functional groups attached to an aromatic ring is 1. The maximum Gasteiger partial charge on any atom is 0.248 e. The highest BCUT2D eigenvalue weighted by Crippen LogP contribution is 2.26. The highest BCUT2D eigenvalue weighted by molar-refractivity contribution is 7.89. The number of hydrogen-bond donors (Lipinski definition) is 1. The molecular formula is C12H22N4O2S. The molecule has 0 unspecified atom stereocenters. The monoisotopic (exact) mass is 286 g/mol. The van der Waals surface area contributed by atoms with Crippen molar-refractivity contribution < 1.29 is 8.42 Å². The Morgan fingerprint density at radius 3 is 2.63 bits per heavy atom. The number of nitrogens with two attached hydrogens (primary N) is 1. The summed E-state index contributed by atoms with van der Waals surface area (Å²) in [6.45, 7) is 5.98. The zero-order valence-corrected chi connectivity index (χ0v) is 12.4. The molecule has 2 rings (SSSR count). The summed E-state index contributed by atoms with van der Waals surface area (Å²) in [6.07, 6.45) is 4.25. The Bertz CT molecular complexity index is 530. The van der Waals surface area contributed by atoms with Gasteiger partial charge in [-0.3, -0.25) is 4.68 Å². The summed E-state index contributed by atoms with van der Waals surface area (Å²) in [5.74, 6) is 0.693. The van der Waals surface area contributed by atoms with Gasteiger partial charge in [0.1, 0.15) is 4.90 Å². The standard InChI is InChI=1S/C12H22N4O2S/c1-3-6-15-9-11(12(13)14-15)19(17,18)16-7-4-10(2)5-8-16/h9-10H,3-8H2,1-2H3,(H2,13,14). The van der Waals surface area contributed by atoms with Crippen molar-refractivity contribution in [3.05, 3.63) is 6.20 Å². The second-order valence-corrected chi connectivity index (χ2v) is 7.13. The lowest BCUT2D eigenvalue weighted by Gasteiger charge is -2.29. The minimum atomic E-state index is -3.49. The molecule has 0 aliphatic carbocycles. The summed E-state index contributed by atoms with van der Waals surface area (Å²) in [5, 5.41) is 4.07. The summed E-state index contributed by atoms with van der Waals surface area (Å²) < 4.78 is 28.2. The van der Waals surface area contributed by atoms with Crippen molar-refractivity contribution in [1.82, 2.24) is 14.1 Å². The van der Waals surface area contributed by atoms with Crippen LogP contribution in [0.1, 0.15) is 33.1 Å². The first-order valence-electron chi connectivity index (χ1n) is 6.78. The number of aryl methyl sites for hydroxylation is 1.